The molecule has 104 valence electrons. The van der Waals surface area contributed by atoms with Crippen LogP contribution in [-0.2, 0) is 11.3 Å². The summed E-state index contributed by atoms with van der Waals surface area (Å²) in [6.45, 7) is 3.44. The van der Waals surface area contributed by atoms with Crippen molar-refractivity contribution in [3.8, 4) is 0 Å². The first kappa shape index (κ1) is 14.0. The van der Waals surface area contributed by atoms with Crippen molar-refractivity contribution in [3.05, 3.63) is 30.1 Å². The lowest BCUT2D eigenvalue weighted by Gasteiger charge is -2.43. The number of aliphatic hydroxyl groups excluding tert-OH is 1. The maximum atomic E-state index is 12.4. The van der Waals surface area contributed by atoms with E-state index in [1.54, 1.807) is 12.4 Å². The highest BCUT2D eigenvalue weighted by molar-refractivity contribution is 5.82. The SMILES string of the molecule is CC1CN(Cc2cccnc2)C(=O)C(CCO)N1C. The van der Waals surface area contributed by atoms with Crippen LogP contribution in [0, 0.1) is 0 Å². The van der Waals surface area contributed by atoms with Gasteiger partial charge in [0.1, 0.15) is 0 Å². The molecule has 19 heavy (non-hydrogen) atoms. The zero-order chi connectivity index (χ0) is 13.8. The van der Waals surface area contributed by atoms with E-state index in [-0.39, 0.29) is 18.6 Å². The number of hydrogen-bond donors (Lipinski definition) is 1. The van der Waals surface area contributed by atoms with Gasteiger partial charge in [0, 0.05) is 38.1 Å². The van der Waals surface area contributed by atoms with Gasteiger partial charge in [-0.1, -0.05) is 6.07 Å². The molecule has 1 aromatic rings. The fourth-order valence-corrected chi connectivity index (χ4v) is 2.53. The Labute approximate surface area is 113 Å². The largest absolute Gasteiger partial charge is 0.396 e. The van der Waals surface area contributed by atoms with Crippen LogP contribution < -0.4 is 0 Å². The molecule has 1 aliphatic rings. The molecule has 1 fully saturated rings. The van der Waals surface area contributed by atoms with Gasteiger partial charge in [-0.2, -0.15) is 0 Å². The topological polar surface area (TPSA) is 56.7 Å². The number of carbonyl (C=O) groups is 1. The molecule has 2 unspecified atom stereocenters. The molecule has 2 atom stereocenters. The summed E-state index contributed by atoms with van der Waals surface area (Å²) in [5.41, 5.74) is 1.04. The van der Waals surface area contributed by atoms with Gasteiger partial charge < -0.3 is 10.0 Å². The zero-order valence-corrected chi connectivity index (χ0v) is 11.5. The lowest BCUT2D eigenvalue weighted by Crippen LogP contribution is -2.59. The van der Waals surface area contributed by atoms with E-state index in [0.717, 1.165) is 5.56 Å². The lowest BCUT2D eigenvalue weighted by atomic mass is 10.0. The van der Waals surface area contributed by atoms with E-state index in [4.69, 9.17) is 5.11 Å². The van der Waals surface area contributed by atoms with Crippen LogP contribution >= 0.6 is 0 Å². The van der Waals surface area contributed by atoms with Crippen molar-refractivity contribution >= 4 is 5.91 Å². The van der Waals surface area contributed by atoms with Crippen molar-refractivity contribution in [2.75, 3.05) is 20.2 Å². The molecule has 0 aromatic carbocycles. The number of likely N-dealkylation sites (N-methyl/N-ethyl adjacent to an activating group) is 1. The van der Waals surface area contributed by atoms with E-state index in [1.807, 2.05) is 24.1 Å². The second-order valence-corrected chi connectivity index (χ2v) is 5.12. The number of aromatic nitrogens is 1. The zero-order valence-electron chi connectivity index (χ0n) is 11.5. The van der Waals surface area contributed by atoms with Crippen LogP contribution in [0.2, 0.25) is 0 Å². The highest BCUT2D eigenvalue weighted by Crippen LogP contribution is 2.19. The summed E-state index contributed by atoms with van der Waals surface area (Å²) in [5, 5.41) is 9.11. The fourth-order valence-electron chi connectivity index (χ4n) is 2.53. The molecule has 1 aromatic heterocycles. The number of rotatable bonds is 4. The minimum Gasteiger partial charge on any atom is -0.396 e. The van der Waals surface area contributed by atoms with E-state index in [1.165, 1.54) is 0 Å². The van der Waals surface area contributed by atoms with Crippen molar-refractivity contribution in [2.24, 2.45) is 0 Å². The van der Waals surface area contributed by atoms with Crippen molar-refractivity contribution < 1.29 is 9.90 Å². The number of hydrogen-bond acceptors (Lipinski definition) is 4. The van der Waals surface area contributed by atoms with Crippen molar-refractivity contribution in [1.29, 1.82) is 0 Å². The molecule has 1 N–H and O–H groups in total. The summed E-state index contributed by atoms with van der Waals surface area (Å²) >= 11 is 0. The maximum Gasteiger partial charge on any atom is 0.240 e. The van der Waals surface area contributed by atoms with Crippen LogP contribution in [0.25, 0.3) is 0 Å². The quantitative estimate of drug-likeness (QED) is 0.859. The Morgan fingerprint density at radius 2 is 2.32 bits per heavy atom. The first-order valence-corrected chi connectivity index (χ1v) is 6.64. The van der Waals surface area contributed by atoms with Gasteiger partial charge in [-0.3, -0.25) is 14.7 Å². The van der Waals surface area contributed by atoms with Crippen molar-refractivity contribution in [2.45, 2.75) is 32.0 Å². The summed E-state index contributed by atoms with van der Waals surface area (Å²) < 4.78 is 0. The van der Waals surface area contributed by atoms with Crippen molar-refractivity contribution in [1.82, 2.24) is 14.8 Å². The number of pyridine rings is 1. The van der Waals surface area contributed by atoms with Gasteiger partial charge in [0.05, 0.1) is 6.04 Å². The lowest BCUT2D eigenvalue weighted by molar-refractivity contribution is -0.145. The molecular formula is C14H21N3O2. The summed E-state index contributed by atoms with van der Waals surface area (Å²) in [7, 11) is 1.95. The van der Waals surface area contributed by atoms with Crippen LogP contribution in [0.5, 0.6) is 0 Å². The van der Waals surface area contributed by atoms with Gasteiger partial charge in [0.25, 0.3) is 0 Å². The van der Waals surface area contributed by atoms with Crippen LogP contribution in [0.15, 0.2) is 24.5 Å². The molecule has 0 radical (unpaired) electrons. The minimum absolute atomic E-state index is 0.0359. The molecule has 0 saturated carbocycles. The molecule has 0 spiro atoms. The molecule has 1 amide bonds. The summed E-state index contributed by atoms with van der Waals surface area (Å²) in [6, 6.07) is 3.94. The molecule has 1 aliphatic heterocycles. The van der Waals surface area contributed by atoms with Gasteiger partial charge in [0.15, 0.2) is 0 Å². The molecule has 0 bridgehead atoms. The Morgan fingerprint density at radius 1 is 1.53 bits per heavy atom. The monoisotopic (exact) mass is 263 g/mol. The summed E-state index contributed by atoms with van der Waals surface area (Å²) in [5.74, 6) is 0.0958. The van der Waals surface area contributed by atoms with Crippen LogP contribution in [0.1, 0.15) is 18.9 Å². The molecule has 0 aliphatic carbocycles. The third-order valence-corrected chi connectivity index (χ3v) is 3.77. The third-order valence-electron chi connectivity index (χ3n) is 3.77. The first-order chi connectivity index (χ1) is 9.13. The number of amides is 1. The van der Waals surface area contributed by atoms with E-state index >= 15 is 0 Å². The second-order valence-electron chi connectivity index (χ2n) is 5.12. The predicted octanol–water partition coefficient (Wildman–Crippen LogP) is 0.495. The Bertz CT molecular complexity index is 424. The highest BCUT2D eigenvalue weighted by Gasteiger charge is 2.35. The molecule has 2 rings (SSSR count). The summed E-state index contributed by atoms with van der Waals surface area (Å²) in [4.78, 5) is 20.4. The Kier molecular flexibility index (Phi) is 4.50. The molecule has 5 heteroatoms. The standard InChI is InChI=1S/C14H21N3O2/c1-11-9-17(10-12-4-3-6-15-8-12)14(19)13(5-7-18)16(11)2/h3-4,6,8,11,13,18H,5,7,9-10H2,1-2H3. The smallest absolute Gasteiger partial charge is 0.240 e. The average Bonchev–Trinajstić information content (AvgIpc) is 2.42. The Morgan fingerprint density at radius 3 is 2.95 bits per heavy atom. The number of piperazine rings is 1. The predicted molar refractivity (Wildman–Crippen MR) is 72.4 cm³/mol. The van der Waals surface area contributed by atoms with Crippen LogP contribution in [0.4, 0.5) is 0 Å². The van der Waals surface area contributed by atoms with Gasteiger partial charge in [-0.05, 0) is 32.0 Å². The number of aliphatic hydroxyl groups is 1. The van der Waals surface area contributed by atoms with E-state index < -0.39 is 0 Å². The Balaban J connectivity index is 2.10. The summed E-state index contributed by atoms with van der Waals surface area (Å²) in [6.07, 6.45) is 4.01. The second kappa shape index (κ2) is 6.12. The Hall–Kier alpha value is -1.46. The van der Waals surface area contributed by atoms with Gasteiger partial charge in [-0.15, -0.1) is 0 Å². The molecule has 1 saturated heterocycles. The molecule has 5 nitrogen and oxygen atoms in total. The van der Waals surface area contributed by atoms with Crippen molar-refractivity contribution in [3.63, 3.8) is 0 Å². The van der Waals surface area contributed by atoms with Crippen LogP contribution in [0.3, 0.4) is 0 Å². The highest BCUT2D eigenvalue weighted by atomic mass is 16.3. The minimum atomic E-state index is -0.217. The van der Waals surface area contributed by atoms with Gasteiger partial charge in [-0.25, -0.2) is 0 Å². The molecular weight excluding hydrogens is 242 g/mol. The normalized spacial score (nSPS) is 24.8. The maximum absolute atomic E-state index is 12.4. The van der Waals surface area contributed by atoms with E-state index in [9.17, 15) is 4.79 Å². The first-order valence-electron chi connectivity index (χ1n) is 6.64. The van der Waals surface area contributed by atoms with E-state index in [0.29, 0.717) is 25.6 Å². The van der Waals surface area contributed by atoms with Gasteiger partial charge in [0.2, 0.25) is 5.91 Å². The third kappa shape index (κ3) is 3.11. The average molecular weight is 263 g/mol. The number of nitrogens with zero attached hydrogens (tertiary/aromatic N) is 3. The number of carbonyl (C=O) groups excluding carboxylic acids is 1. The van der Waals surface area contributed by atoms with Crippen LogP contribution in [-0.4, -0.2) is 58.1 Å². The van der Waals surface area contributed by atoms with Gasteiger partial charge >= 0.3 is 0 Å². The molecule has 2 heterocycles. The van der Waals surface area contributed by atoms with E-state index in [2.05, 4.69) is 16.8 Å². The fraction of sp³-hybridized carbons (Fsp3) is 0.571.